The van der Waals surface area contributed by atoms with E-state index in [2.05, 4.69) is 5.32 Å². The van der Waals surface area contributed by atoms with Crippen LogP contribution in [0.5, 0.6) is 5.75 Å². The van der Waals surface area contributed by atoms with Gasteiger partial charge < -0.3 is 10.1 Å². The summed E-state index contributed by atoms with van der Waals surface area (Å²) in [4.78, 5) is 12.2. The third-order valence-corrected chi connectivity index (χ3v) is 7.01. The molecule has 0 bridgehead atoms. The van der Waals surface area contributed by atoms with E-state index in [4.69, 9.17) is 39.5 Å². The molecule has 1 aliphatic rings. The van der Waals surface area contributed by atoms with E-state index in [-0.39, 0.29) is 28.0 Å². The number of hydrogen-bond acceptors (Lipinski definition) is 4. The molecular weight excluding hydrogens is 447 g/mol. The van der Waals surface area contributed by atoms with Gasteiger partial charge in [-0.15, -0.1) is 0 Å². The van der Waals surface area contributed by atoms with E-state index in [0.717, 1.165) is 12.8 Å². The fraction of sp³-hybridized carbons (Fsp3) is 0.278. The van der Waals surface area contributed by atoms with Crippen LogP contribution < -0.4 is 10.1 Å². The summed E-state index contributed by atoms with van der Waals surface area (Å²) < 4.78 is 32.0. The maximum absolute atomic E-state index is 12.6. The Morgan fingerprint density at radius 2 is 1.68 bits per heavy atom. The van der Waals surface area contributed by atoms with Crippen molar-refractivity contribution >= 4 is 56.4 Å². The summed E-state index contributed by atoms with van der Waals surface area (Å²) in [5.41, 5.74) is 0.289. The second-order valence-corrected chi connectivity index (χ2v) is 9.30. The number of halogens is 3. The molecule has 0 aromatic heterocycles. The Hall–Kier alpha value is -1.51. The number of nitrogens with one attached hydrogen (secondary N) is 1. The molecule has 1 aliphatic heterocycles. The van der Waals surface area contributed by atoms with Crippen LogP contribution in [0.25, 0.3) is 0 Å². The number of amides is 1. The van der Waals surface area contributed by atoms with E-state index in [1.165, 1.54) is 22.5 Å². The number of carbonyl (C=O) groups is 1. The van der Waals surface area contributed by atoms with E-state index in [0.29, 0.717) is 23.1 Å². The van der Waals surface area contributed by atoms with Crippen molar-refractivity contribution in [3.63, 3.8) is 0 Å². The SMILES string of the molecule is O=C(COc1ccc(S(=O)(=O)N2CCCC2)cc1Cl)Nc1c(Cl)cccc1Cl. The Kier molecular flexibility index (Phi) is 6.73. The number of ether oxygens (including phenoxy) is 1. The summed E-state index contributed by atoms with van der Waals surface area (Å²) in [6.07, 6.45) is 1.69. The average molecular weight is 464 g/mol. The molecule has 1 amide bonds. The van der Waals surface area contributed by atoms with Crippen molar-refractivity contribution in [1.29, 1.82) is 0 Å². The van der Waals surface area contributed by atoms with Crippen molar-refractivity contribution in [2.45, 2.75) is 17.7 Å². The number of anilines is 1. The van der Waals surface area contributed by atoms with Gasteiger partial charge in [0, 0.05) is 13.1 Å². The summed E-state index contributed by atoms with van der Waals surface area (Å²) in [5.74, 6) is -0.290. The zero-order chi connectivity index (χ0) is 20.3. The van der Waals surface area contributed by atoms with Crippen LogP contribution in [0.1, 0.15) is 12.8 Å². The molecule has 1 N–H and O–H groups in total. The predicted molar refractivity (Wildman–Crippen MR) is 110 cm³/mol. The van der Waals surface area contributed by atoms with Crippen LogP contribution >= 0.6 is 34.8 Å². The molecule has 1 fully saturated rings. The molecule has 2 aromatic rings. The molecule has 0 spiro atoms. The number of carbonyl (C=O) groups excluding carboxylic acids is 1. The van der Waals surface area contributed by atoms with Crippen molar-refractivity contribution in [2.75, 3.05) is 25.0 Å². The molecule has 0 radical (unpaired) electrons. The van der Waals surface area contributed by atoms with Crippen molar-refractivity contribution in [3.05, 3.63) is 51.5 Å². The predicted octanol–water partition coefficient (Wildman–Crippen LogP) is 4.45. The van der Waals surface area contributed by atoms with Crippen molar-refractivity contribution in [1.82, 2.24) is 4.31 Å². The Morgan fingerprint density at radius 1 is 1.04 bits per heavy atom. The molecule has 150 valence electrons. The normalized spacial score (nSPS) is 14.8. The first-order valence-electron chi connectivity index (χ1n) is 8.45. The van der Waals surface area contributed by atoms with E-state index < -0.39 is 15.9 Å². The number of benzene rings is 2. The first-order valence-corrected chi connectivity index (χ1v) is 11.0. The zero-order valence-electron chi connectivity index (χ0n) is 14.6. The van der Waals surface area contributed by atoms with Crippen LogP contribution in [0.2, 0.25) is 15.1 Å². The Labute approximate surface area is 178 Å². The quantitative estimate of drug-likeness (QED) is 0.687. The van der Waals surface area contributed by atoms with Crippen molar-refractivity contribution in [3.8, 4) is 5.75 Å². The van der Waals surface area contributed by atoms with E-state index in [9.17, 15) is 13.2 Å². The van der Waals surface area contributed by atoms with E-state index in [1.54, 1.807) is 18.2 Å². The fourth-order valence-corrected chi connectivity index (χ4v) is 5.11. The lowest BCUT2D eigenvalue weighted by molar-refractivity contribution is -0.118. The molecule has 28 heavy (non-hydrogen) atoms. The van der Waals surface area contributed by atoms with Crippen LogP contribution in [0, 0.1) is 0 Å². The third kappa shape index (κ3) is 4.72. The highest BCUT2D eigenvalue weighted by Gasteiger charge is 2.27. The molecule has 0 unspecified atom stereocenters. The molecule has 0 saturated carbocycles. The lowest BCUT2D eigenvalue weighted by Crippen LogP contribution is -2.27. The molecule has 6 nitrogen and oxygen atoms in total. The summed E-state index contributed by atoms with van der Waals surface area (Å²) >= 11 is 18.2. The number of hydrogen-bond donors (Lipinski definition) is 1. The van der Waals surface area contributed by atoms with Gasteiger partial charge in [-0.1, -0.05) is 40.9 Å². The molecule has 0 atom stereocenters. The van der Waals surface area contributed by atoms with Gasteiger partial charge in [-0.25, -0.2) is 8.42 Å². The minimum atomic E-state index is -3.57. The van der Waals surface area contributed by atoms with E-state index >= 15 is 0 Å². The van der Waals surface area contributed by atoms with Gasteiger partial charge >= 0.3 is 0 Å². The fourth-order valence-electron chi connectivity index (χ4n) is 2.77. The summed E-state index contributed by atoms with van der Waals surface area (Å²) in [5, 5.41) is 3.27. The van der Waals surface area contributed by atoms with Gasteiger partial charge in [0.25, 0.3) is 5.91 Å². The summed E-state index contributed by atoms with van der Waals surface area (Å²) in [6.45, 7) is 0.658. The molecule has 3 rings (SSSR count). The number of para-hydroxylation sites is 1. The minimum absolute atomic E-state index is 0.0963. The Balaban J connectivity index is 1.66. The Bertz CT molecular complexity index is 972. The lowest BCUT2D eigenvalue weighted by atomic mass is 10.3. The van der Waals surface area contributed by atoms with Crippen LogP contribution in [-0.4, -0.2) is 38.3 Å². The van der Waals surface area contributed by atoms with Gasteiger partial charge in [-0.2, -0.15) is 4.31 Å². The highest BCUT2D eigenvalue weighted by atomic mass is 35.5. The highest BCUT2D eigenvalue weighted by Crippen LogP contribution is 2.31. The highest BCUT2D eigenvalue weighted by molar-refractivity contribution is 7.89. The zero-order valence-corrected chi connectivity index (χ0v) is 17.7. The molecule has 10 heteroatoms. The Morgan fingerprint density at radius 3 is 2.29 bits per heavy atom. The van der Waals surface area contributed by atoms with Crippen LogP contribution in [0.4, 0.5) is 5.69 Å². The van der Waals surface area contributed by atoms with Crippen molar-refractivity contribution < 1.29 is 17.9 Å². The standard InChI is InChI=1S/C18H17Cl3N2O4S/c19-13-4-3-5-14(20)18(13)22-17(24)11-27-16-7-6-12(10-15(16)21)28(25,26)23-8-1-2-9-23/h3-7,10H,1-2,8-9,11H2,(H,22,24). The van der Waals surface area contributed by atoms with Gasteiger partial charge in [-0.05, 0) is 43.2 Å². The average Bonchev–Trinajstić information content (AvgIpc) is 3.19. The van der Waals surface area contributed by atoms with Crippen LogP contribution in [0.15, 0.2) is 41.3 Å². The molecule has 0 aliphatic carbocycles. The van der Waals surface area contributed by atoms with Crippen LogP contribution in [0.3, 0.4) is 0 Å². The molecule has 1 saturated heterocycles. The first kappa shape index (κ1) is 21.2. The first-order chi connectivity index (χ1) is 13.3. The third-order valence-electron chi connectivity index (χ3n) is 4.19. The van der Waals surface area contributed by atoms with Crippen LogP contribution in [-0.2, 0) is 14.8 Å². The van der Waals surface area contributed by atoms with E-state index in [1.807, 2.05) is 0 Å². The van der Waals surface area contributed by atoms with Gasteiger partial charge in [-0.3, -0.25) is 4.79 Å². The molecule has 2 aromatic carbocycles. The molecular formula is C18H17Cl3N2O4S. The maximum atomic E-state index is 12.6. The number of nitrogens with zero attached hydrogens (tertiary/aromatic N) is 1. The second kappa shape index (κ2) is 8.88. The lowest BCUT2D eigenvalue weighted by Gasteiger charge is -2.16. The number of rotatable bonds is 6. The van der Waals surface area contributed by atoms with Gasteiger partial charge in [0.2, 0.25) is 10.0 Å². The summed E-state index contributed by atoms with van der Waals surface area (Å²) in [7, 11) is -3.57. The molecule has 1 heterocycles. The maximum Gasteiger partial charge on any atom is 0.262 e. The van der Waals surface area contributed by atoms with Gasteiger partial charge in [0.05, 0.1) is 25.7 Å². The van der Waals surface area contributed by atoms with Crippen molar-refractivity contribution in [2.24, 2.45) is 0 Å². The summed E-state index contributed by atoms with van der Waals surface area (Å²) in [6, 6.07) is 9.03. The minimum Gasteiger partial charge on any atom is -0.482 e. The number of sulfonamides is 1. The smallest absolute Gasteiger partial charge is 0.262 e. The second-order valence-electron chi connectivity index (χ2n) is 6.14. The monoisotopic (exact) mass is 462 g/mol. The van der Waals surface area contributed by atoms with Gasteiger partial charge in [0.1, 0.15) is 5.75 Å². The topological polar surface area (TPSA) is 75.7 Å². The largest absolute Gasteiger partial charge is 0.482 e. The van der Waals surface area contributed by atoms with Gasteiger partial charge in [0.15, 0.2) is 6.61 Å².